The largest absolute Gasteiger partial charge is 0.545 e. The van der Waals surface area contributed by atoms with Crippen molar-refractivity contribution < 1.29 is 14.3 Å². The Bertz CT molecular complexity index is 865. The molecule has 1 aliphatic heterocycles. The van der Waals surface area contributed by atoms with Crippen LogP contribution in [0.4, 0.5) is 10.1 Å². The normalized spacial score (nSPS) is 32.0. The molecule has 0 aromatic heterocycles. The molecule has 1 N–H and O–H groups in total. The number of para-hydroxylation sites is 1. The van der Waals surface area contributed by atoms with Crippen molar-refractivity contribution in [2.45, 2.75) is 31.2 Å². The van der Waals surface area contributed by atoms with Gasteiger partial charge < -0.3 is 15.2 Å². The van der Waals surface area contributed by atoms with Crippen molar-refractivity contribution in [2.75, 3.05) is 5.32 Å². The SMILES string of the molecule is O=C([O-])c1cccc2c1N[C@@H](c1ccccc1F)[C@@H]1[C@H]3CC[C@@H](C3)[C@H]21. The minimum atomic E-state index is -1.18. The summed E-state index contributed by atoms with van der Waals surface area (Å²) in [7, 11) is 0. The molecule has 128 valence electrons. The lowest BCUT2D eigenvalue weighted by atomic mass is 9.67. The Morgan fingerprint density at radius 1 is 1.04 bits per heavy atom. The molecule has 0 amide bonds. The van der Waals surface area contributed by atoms with Crippen LogP contribution in [-0.2, 0) is 0 Å². The van der Waals surface area contributed by atoms with Crippen LogP contribution in [0.3, 0.4) is 0 Å². The summed E-state index contributed by atoms with van der Waals surface area (Å²) >= 11 is 0. The maximum atomic E-state index is 14.5. The summed E-state index contributed by atoms with van der Waals surface area (Å²) in [6.07, 6.45) is 3.54. The third-order valence-corrected chi connectivity index (χ3v) is 6.58. The van der Waals surface area contributed by atoms with Gasteiger partial charge in [0.2, 0.25) is 0 Å². The van der Waals surface area contributed by atoms with Gasteiger partial charge in [0.1, 0.15) is 5.82 Å². The fourth-order valence-electron chi connectivity index (χ4n) is 5.72. The van der Waals surface area contributed by atoms with Crippen molar-refractivity contribution in [1.82, 2.24) is 0 Å². The molecule has 2 saturated carbocycles. The van der Waals surface area contributed by atoms with Crippen molar-refractivity contribution in [3.05, 3.63) is 65.0 Å². The smallest absolute Gasteiger partial charge is 0.128 e. The predicted molar refractivity (Wildman–Crippen MR) is 90.6 cm³/mol. The van der Waals surface area contributed by atoms with Crippen LogP contribution in [0, 0.1) is 23.6 Å². The van der Waals surface area contributed by atoms with E-state index < -0.39 is 5.97 Å². The molecule has 0 saturated heterocycles. The monoisotopic (exact) mass is 336 g/mol. The lowest BCUT2D eigenvalue weighted by Crippen LogP contribution is -2.37. The van der Waals surface area contributed by atoms with E-state index in [4.69, 9.17) is 0 Å². The lowest BCUT2D eigenvalue weighted by molar-refractivity contribution is -0.254. The third kappa shape index (κ3) is 2.06. The number of carbonyl (C=O) groups excluding carboxylic acids is 1. The topological polar surface area (TPSA) is 52.2 Å². The average Bonchev–Trinajstić information content (AvgIpc) is 3.23. The fraction of sp³-hybridized carbons (Fsp3) is 0.381. The summed E-state index contributed by atoms with van der Waals surface area (Å²) in [4.78, 5) is 11.6. The first-order valence-corrected chi connectivity index (χ1v) is 9.00. The maximum Gasteiger partial charge on any atom is 0.128 e. The molecule has 25 heavy (non-hydrogen) atoms. The molecule has 5 atom stereocenters. The molecule has 2 aromatic rings. The predicted octanol–water partition coefficient (Wildman–Crippen LogP) is 3.49. The maximum absolute atomic E-state index is 14.5. The highest BCUT2D eigenvalue weighted by molar-refractivity contribution is 5.94. The highest BCUT2D eigenvalue weighted by atomic mass is 19.1. The standard InChI is InChI=1S/C21H20FNO2/c22-16-7-2-1-4-13(16)20-18-12-9-8-11(10-12)17(18)14-5-3-6-15(21(24)25)19(14)23-20/h1-7,11-12,17-18,20,23H,8-10H2,(H,24,25)/p-1/t11-,12-,17+,18+,20-/m0/s1. The summed E-state index contributed by atoms with van der Waals surface area (Å²) < 4.78 is 14.5. The van der Waals surface area contributed by atoms with Gasteiger partial charge in [0.15, 0.2) is 0 Å². The van der Waals surface area contributed by atoms with E-state index in [-0.39, 0.29) is 17.4 Å². The summed E-state index contributed by atoms with van der Waals surface area (Å²) in [5, 5.41) is 15.0. The zero-order chi connectivity index (χ0) is 17.1. The van der Waals surface area contributed by atoms with Gasteiger partial charge in [0, 0.05) is 16.8 Å². The van der Waals surface area contributed by atoms with Crippen LogP contribution < -0.4 is 10.4 Å². The molecule has 2 aromatic carbocycles. The van der Waals surface area contributed by atoms with Gasteiger partial charge in [-0.3, -0.25) is 0 Å². The van der Waals surface area contributed by atoms with Crippen LogP contribution in [0.5, 0.6) is 0 Å². The molecule has 2 aliphatic carbocycles. The molecule has 2 bridgehead atoms. The molecule has 0 radical (unpaired) electrons. The number of carboxylic acid groups (broad SMARTS) is 1. The second-order valence-corrected chi connectivity index (χ2v) is 7.64. The summed E-state index contributed by atoms with van der Waals surface area (Å²) in [5.74, 6) is 0.363. The minimum Gasteiger partial charge on any atom is -0.545 e. The van der Waals surface area contributed by atoms with Gasteiger partial charge in [-0.2, -0.15) is 0 Å². The Morgan fingerprint density at radius 2 is 1.80 bits per heavy atom. The lowest BCUT2D eigenvalue weighted by Gasteiger charge is -2.44. The van der Waals surface area contributed by atoms with Gasteiger partial charge in [-0.25, -0.2) is 4.39 Å². The molecule has 3 aliphatic rings. The van der Waals surface area contributed by atoms with Crippen molar-refractivity contribution in [3.63, 3.8) is 0 Å². The van der Waals surface area contributed by atoms with Gasteiger partial charge in [0.25, 0.3) is 0 Å². The number of fused-ring (bicyclic) bond motifs is 7. The highest BCUT2D eigenvalue weighted by Gasteiger charge is 2.54. The van der Waals surface area contributed by atoms with Gasteiger partial charge >= 0.3 is 0 Å². The number of hydrogen-bond acceptors (Lipinski definition) is 3. The molecular weight excluding hydrogens is 317 g/mol. The zero-order valence-corrected chi connectivity index (χ0v) is 13.7. The number of hydrogen-bond donors (Lipinski definition) is 1. The first-order chi connectivity index (χ1) is 12.1. The van der Waals surface area contributed by atoms with Crippen LogP contribution in [0.15, 0.2) is 42.5 Å². The van der Waals surface area contributed by atoms with Crippen LogP contribution in [0.2, 0.25) is 0 Å². The van der Waals surface area contributed by atoms with Crippen LogP contribution in [-0.4, -0.2) is 5.97 Å². The Hall–Kier alpha value is -2.36. The van der Waals surface area contributed by atoms with Gasteiger partial charge in [-0.1, -0.05) is 36.4 Å². The van der Waals surface area contributed by atoms with Crippen LogP contribution in [0.25, 0.3) is 0 Å². The van der Waals surface area contributed by atoms with Crippen molar-refractivity contribution in [1.29, 1.82) is 0 Å². The fourth-order valence-corrected chi connectivity index (χ4v) is 5.72. The summed E-state index contributed by atoms with van der Waals surface area (Å²) in [6, 6.07) is 12.1. The number of benzene rings is 2. The van der Waals surface area contributed by atoms with E-state index in [0.29, 0.717) is 34.9 Å². The molecule has 0 unspecified atom stereocenters. The number of anilines is 1. The van der Waals surface area contributed by atoms with Crippen LogP contribution >= 0.6 is 0 Å². The van der Waals surface area contributed by atoms with E-state index in [1.165, 1.54) is 18.9 Å². The van der Waals surface area contributed by atoms with E-state index >= 15 is 0 Å². The van der Waals surface area contributed by atoms with E-state index in [9.17, 15) is 14.3 Å². The Morgan fingerprint density at radius 3 is 2.60 bits per heavy atom. The molecule has 1 heterocycles. The summed E-state index contributed by atoms with van der Waals surface area (Å²) in [6.45, 7) is 0. The second-order valence-electron chi connectivity index (χ2n) is 7.64. The zero-order valence-electron chi connectivity index (χ0n) is 13.7. The molecule has 2 fully saturated rings. The van der Waals surface area contributed by atoms with E-state index in [0.717, 1.165) is 12.0 Å². The van der Waals surface area contributed by atoms with Gasteiger partial charge in [0.05, 0.1) is 12.0 Å². The average molecular weight is 336 g/mol. The van der Waals surface area contributed by atoms with Gasteiger partial charge in [-0.05, 0) is 54.6 Å². The van der Waals surface area contributed by atoms with Gasteiger partial charge in [-0.15, -0.1) is 0 Å². The van der Waals surface area contributed by atoms with E-state index in [2.05, 4.69) is 5.32 Å². The number of nitrogens with one attached hydrogen (secondary N) is 1. The van der Waals surface area contributed by atoms with Crippen molar-refractivity contribution in [3.8, 4) is 0 Å². The molecule has 4 heteroatoms. The minimum absolute atomic E-state index is 0.181. The number of carbonyl (C=O) groups is 1. The molecular formula is C21H19FNO2-. The molecule has 5 rings (SSSR count). The van der Waals surface area contributed by atoms with E-state index in [1.54, 1.807) is 18.2 Å². The highest BCUT2D eigenvalue weighted by Crippen LogP contribution is 2.64. The Labute approximate surface area is 145 Å². The number of halogens is 1. The van der Waals surface area contributed by atoms with Crippen LogP contribution in [0.1, 0.15) is 52.7 Å². The number of carboxylic acids is 1. The first-order valence-electron chi connectivity index (χ1n) is 9.00. The molecule has 0 spiro atoms. The second kappa shape index (κ2) is 5.32. The number of aromatic carboxylic acids is 1. The van der Waals surface area contributed by atoms with Crippen molar-refractivity contribution in [2.24, 2.45) is 17.8 Å². The Balaban J connectivity index is 1.70. The quantitative estimate of drug-likeness (QED) is 0.913. The first kappa shape index (κ1) is 14.9. The summed E-state index contributed by atoms with van der Waals surface area (Å²) in [5.41, 5.74) is 2.53. The van der Waals surface area contributed by atoms with Crippen molar-refractivity contribution >= 4 is 11.7 Å². The molecule has 3 nitrogen and oxygen atoms in total. The third-order valence-electron chi connectivity index (χ3n) is 6.58. The van der Waals surface area contributed by atoms with E-state index in [1.807, 2.05) is 18.2 Å². The number of rotatable bonds is 2. The Kier molecular flexibility index (Phi) is 3.18.